The van der Waals surface area contributed by atoms with Gasteiger partial charge in [0.25, 0.3) is 11.6 Å². The summed E-state index contributed by atoms with van der Waals surface area (Å²) in [5.41, 5.74) is 0.719. The number of non-ortho nitro benzene ring substituents is 1. The van der Waals surface area contributed by atoms with Crippen molar-refractivity contribution in [1.29, 1.82) is 0 Å². The van der Waals surface area contributed by atoms with Gasteiger partial charge >= 0.3 is 6.03 Å². The van der Waals surface area contributed by atoms with Gasteiger partial charge in [-0.2, -0.15) is 0 Å². The maximum atomic E-state index is 13.6. The van der Waals surface area contributed by atoms with Gasteiger partial charge < -0.3 is 15.0 Å². The summed E-state index contributed by atoms with van der Waals surface area (Å²) in [5.74, 6) is -0.859. The van der Waals surface area contributed by atoms with E-state index in [1.165, 1.54) is 29.2 Å². The number of rotatable bonds is 5. The summed E-state index contributed by atoms with van der Waals surface area (Å²) < 4.78 is 6.17. The van der Waals surface area contributed by atoms with Gasteiger partial charge in [-0.3, -0.25) is 19.7 Å². The van der Waals surface area contributed by atoms with Crippen LogP contribution in [-0.2, 0) is 14.3 Å². The summed E-state index contributed by atoms with van der Waals surface area (Å²) in [5, 5.41) is 13.6. The number of nitro groups is 1. The van der Waals surface area contributed by atoms with Crippen LogP contribution in [0.15, 0.2) is 54.6 Å². The molecule has 10 heteroatoms. The Bertz CT molecular complexity index is 1120. The van der Waals surface area contributed by atoms with E-state index in [-0.39, 0.29) is 24.3 Å². The molecule has 2 heterocycles. The molecule has 0 aromatic heterocycles. The SMILES string of the molecule is O=C(CN1C(=O)N(c2ccccc2)C(=O)C2OC3CCCCC3C21)Nc1ccc([N+](=O)[O-])cc1. The minimum atomic E-state index is -0.821. The van der Waals surface area contributed by atoms with Crippen LogP contribution in [0, 0.1) is 16.0 Å². The number of fused-ring (bicyclic) bond motifs is 3. The Morgan fingerprint density at radius 3 is 2.47 bits per heavy atom. The van der Waals surface area contributed by atoms with E-state index in [4.69, 9.17) is 4.74 Å². The van der Waals surface area contributed by atoms with E-state index < -0.39 is 34.9 Å². The first kappa shape index (κ1) is 22.0. The molecule has 2 aliphatic heterocycles. The van der Waals surface area contributed by atoms with Crippen molar-refractivity contribution < 1.29 is 24.0 Å². The number of nitrogens with one attached hydrogen (secondary N) is 1. The zero-order valence-electron chi connectivity index (χ0n) is 18.3. The molecule has 1 N–H and O–H groups in total. The van der Waals surface area contributed by atoms with Gasteiger partial charge in [0, 0.05) is 23.7 Å². The van der Waals surface area contributed by atoms with Crippen LogP contribution in [0.3, 0.4) is 0 Å². The Morgan fingerprint density at radius 1 is 1.06 bits per heavy atom. The van der Waals surface area contributed by atoms with E-state index in [9.17, 15) is 24.5 Å². The number of para-hydroxylation sites is 1. The van der Waals surface area contributed by atoms with Gasteiger partial charge in [-0.05, 0) is 37.1 Å². The second kappa shape index (κ2) is 8.86. The van der Waals surface area contributed by atoms with Crippen LogP contribution in [0.25, 0.3) is 0 Å². The number of carbonyl (C=O) groups excluding carboxylic acids is 3. The first-order valence-electron chi connectivity index (χ1n) is 11.3. The fraction of sp³-hybridized carbons (Fsp3) is 0.375. The summed E-state index contributed by atoms with van der Waals surface area (Å²) in [6.45, 7) is -0.264. The van der Waals surface area contributed by atoms with Crippen molar-refractivity contribution in [1.82, 2.24) is 4.90 Å². The number of hydrogen-bond donors (Lipinski definition) is 1. The summed E-state index contributed by atoms with van der Waals surface area (Å²) in [7, 11) is 0. The molecule has 3 fully saturated rings. The third-order valence-electron chi connectivity index (χ3n) is 6.77. The van der Waals surface area contributed by atoms with Gasteiger partial charge in [-0.15, -0.1) is 0 Å². The summed E-state index contributed by atoms with van der Waals surface area (Å²) in [6, 6.07) is 13.0. The van der Waals surface area contributed by atoms with Crippen molar-refractivity contribution in [3.05, 3.63) is 64.7 Å². The third kappa shape index (κ3) is 3.90. The molecule has 176 valence electrons. The largest absolute Gasteiger partial charge is 0.363 e. The molecular formula is C24H24N4O6. The average Bonchev–Trinajstić information content (AvgIpc) is 3.23. The lowest BCUT2D eigenvalue weighted by molar-refractivity contribution is -0.384. The summed E-state index contributed by atoms with van der Waals surface area (Å²) >= 11 is 0. The van der Waals surface area contributed by atoms with E-state index in [2.05, 4.69) is 5.32 Å². The minimum absolute atomic E-state index is 0.00301. The molecule has 2 aromatic rings. The predicted molar refractivity (Wildman–Crippen MR) is 122 cm³/mol. The number of benzene rings is 2. The molecule has 4 amide bonds. The van der Waals surface area contributed by atoms with Crippen molar-refractivity contribution in [3.8, 4) is 0 Å². The molecule has 1 aliphatic carbocycles. The quantitative estimate of drug-likeness (QED) is 0.535. The van der Waals surface area contributed by atoms with Crippen molar-refractivity contribution in [2.75, 3.05) is 16.8 Å². The lowest BCUT2D eigenvalue weighted by atomic mass is 9.81. The van der Waals surface area contributed by atoms with Crippen LogP contribution in [0.4, 0.5) is 21.9 Å². The van der Waals surface area contributed by atoms with Crippen LogP contribution in [0.5, 0.6) is 0 Å². The van der Waals surface area contributed by atoms with Gasteiger partial charge in [0.05, 0.1) is 22.8 Å². The van der Waals surface area contributed by atoms with Crippen LogP contribution in [0.1, 0.15) is 25.7 Å². The summed E-state index contributed by atoms with van der Waals surface area (Å²) in [4.78, 5) is 52.8. The Hall–Kier alpha value is -3.79. The molecule has 1 saturated carbocycles. The zero-order chi connectivity index (χ0) is 23.8. The number of anilines is 2. The number of ether oxygens (including phenoxy) is 1. The predicted octanol–water partition coefficient (Wildman–Crippen LogP) is 3.33. The Kier molecular flexibility index (Phi) is 5.74. The van der Waals surface area contributed by atoms with Crippen LogP contribution >= 0.6 is 0 Å². The van der Waals surface area contributed by atoms with Gasteiger partial charge in [-0.1, -0.05) is 31.0 Å². The number of hydrogen-bond acceptors (Lipinski definition) is 6. The van der Waals surface area contributed by atoms with Gasteiger partial charge in [0.1, 0.15) is 6.54 Å². The molecule has 0 bridgehead atoms. The zero-order valence-corrected chi connectivity index (χ0v) is 18.3. The van der Waals surface area contributed by atoms with E-state index >= 15 is 0 Å². The third-order valence-corrected chi connectivity index (χ3v) is 6.77. The van der Waals surface area contributed by atoms with E-state index in [1.54, 1.807) is 30.3 Å². The number of nitro benzene ring substituents is 1. The topological polar surface area (TPSA) is 122 Å². The molecule has 3 aliphatic rings. The van der Waals surface area contributed by atoms with Crippen molar-refractivity contribution >= 4 is 34.9 Å². The Labute approximate surface area is 195 Å². The number of nitrogens with zero attached hydrogens (tertiary/aromatic N) is 3. The number of imide groups is 1. The number of urea groups is 1. The highest BCUT2D eigenvalue weighted by Gasteiger charge is 2.58. The molecule has 10 nitrogen and oxygen atoms in total. The highest BCUT2D eigenvalue weighted by molar-refractivity contribution is 6.18. The smallest absolute Gasteiger partial charge is 0.332 e. The molecule has 5 rings (SSSR count). The van der Waals surface area contributed by atoms with E-state index in [0.717, 1.165) is 30.6 Å². The monoisotopic (exact) mass is 464 g/mol. The fourth-order valence-corrected chi connectivity index (χ4v) is 5.26. The highest BCUT2D eigenvalue weighted by Crippen LogP contribution is 2.43. The number of amides is 4. The fourth-order valence-electron chi connectivity index (χ4n) is 5.26. The lowest BCUT2D eigenvalue weighted by Gasteiger charge is -2.42. The van der Waals surface area contributed by atoms with Crippen molar-refractivity contribution in [3.63, 3.8) is 0 Å². The van der Waals surface area contributed by atoms with Crippen LogP contribution < -0.4 is 10.2 Å². The second-order valence-electron chi connectivity index (χ2n) is 8.81. The minimum Gasteiger partial charge on any atom is -0.363 e. The molecule has 2 saturated heterocycles. The highest BCUT2D eigenvalue weighted by atomic mass is 16.6. The molecule has 4 atom stereocenters. The van der Waals surface area contributed by atoms with Gasteiger partial charge in [0.15, 0.2) is 6.10 Å². The lowest BCUT2D eigenvalue weighted by Crippen LogP contribution is -2.65. The Balaban J connectivity index is 1.41. The summed E-state index contributed by atoms with van der Waals surface area (Å²) in [6.07, 6.45) is 2.72. The molecule has 0 spiro atoms. The second-order valence-corrected chi connectivity index (χ2v) is 8.81. The normalized spacial score (nSPS) is 26.1. The van der Waals surface area contributed by atoms with Crippen LogP contribution in [-0.4, -0.2) is 52.5 Å². The first-order valence-corrected chi connectivity index (χ1v) is 11.3. The van der Waals surface area contributed by atoms with E-state index in [1.807, 2.05) is 0 Å². The van der Waals surface area contributed by atoms with Gasteiger partial charge in [-0.25, -0.2) is 9.69 Å². The van der Waals surface area contributed by atoms with Crippen LogP contribution in [0.2, 0.25) is 0 Å². The molecule has 0 radical (unpaired) electrons. The van der Waals surface area contributed by atoms with Gasteiger partial charge in [0.2, 0.25) is 5.91 Å². The molecule has 2 aromatic carbocycles. The first-order chi connectivity index (χ1) is 16.4. The van der Waals surface area contributed by atoms with E-state index in [0.29, 0.717) is 11.4 Å². The molecule has 34 heavy (non-hydrogen) atoms. The number of carbonyl (C=O) groups is 3. The standard InChI is InChI=1S/C24H24N4O6/c29-20(25-15-10-12-17(13-11-15)28(32)33)14-26-21-18-8-4-5-9-19(18)34-22(21)23(30)27(24(26)31)16-6-2-1-3-7-16/h1-3,6-7,10-13,18-19,21-22H,4-5,8-9,14H2,(H,25,29). The average molecular weight is 464 g/mol. The van der Waals surface area contributed by atoms with Crippen molar-refractivity contribution in [2.45, 2.75) is 43.9 Å². The maximum Gasteiger partial charge on any atom is 0.332 e. The Morgan fingerprint density at radius 2 is 1.76 bits per heavy atom. The maximum absolute atomic E-state index is 13.6. The molecular weight excluding hydrogens is 440 g/mol. The van der Waals surface area contributed by atoms with Crippen molar-refractivity contribution in [2.24, 2.45) is 5.92 Å². The molecule has 4 unspecified atom stereocenters.